The molecule has 0 spiro atoms. The van der Waals surface area contributed by atoms with Gasteiger partial charge < -0.3 is 10.1 Å². The van der Waals surface area contributed by atoms with Crippen LogP contribution < -0.4 is 10.1 Å². The first-order valence-electron chi connectivity index (χ1n) is 6.65. The average Bonchev–Trinajstić information content (AvgIpc) is 2.45. The number of rotatable bonds is 5. The fourth-order valence-electron chi connectivity index (χ4n) is 1.99. The molecule has 0 saturated heterocycles. The van der Waals surface area contributed by atoms with Crippen molar-refractivity contribution in [2.24, 2.45) is 0 Å². The van der Waals surface area contributed by atoms with Gasteiger partial charge in [-0.3, -0.25) is 0 Å². The van der Waals surface area contributed by atoms with Crippen molar-refractivity contribution in [1.82, 2.24) is 0 Å². The van der Waals surface area contributed by atoms with Crippen LogP contribution in [-0.2, 0) is 0 Å². The Morgan fingerprint density at radius 2 is 1.81 bits per heavy atom. The van der Waals surface area contributed by atoms with E-state index in [-0.39, 0.29) is 6.04 Å². The van der Waals surface area contributed by atoms with Gasteiger partial charge in [-0.15, -0.1) is 0 Å². The van der Waals surface area contributed by atoms with Crippen molar-refractivity contribution in [2.75, 3.05) is 11.9 Å². The van der Waals surface area contributed by atoms with E-state index in [9.17, 15) is 0 Å². The molecule has 21 heavy (non-hydrogen) atoms. The SMILES string of the molecule is CCOc1ccc(Cl)cc1NC(C)c1ccc(Cl)c(Cl)c1. The van der Waals surface area contributed by atoms with Gasteiger partial charge in [0.15, 0.2) is 0 Å². The second-order valence-corrected chi connectivity index (χ2v) is 5.86. The molecule has 0 aromatic heterocycles. The Labute approximate surface area is 140 Å². The van der Waals surface area contributed by atoms with E-state index in [4.69, 9.17) is 39.5 Å². The maximum absolute atomic E-state index is 6.06. The van der Waals surface area contributed by atoms with Gasteiger partial charge in [0.25, 0.3) is 0 Å². The lowest BCUT2D eigenvalue weighted by atomic mass is 10.1. The summed E-state index contributed by atoms with van der Waals surface area (Å²) >= 11 is 18.1. The molecule has 1 unspecified atom stereocenters. The van der Waals surface area contributed by atoms with Gasteiger partial charge >= 0.3 is 0 Å². The van der Waals surface area contributed by atoms with Crippen LogP contribution in [0.25, 0.3) is 0 Å². The quantitative estimate of drug-likeness (QED) is 0.695. The highest BCUT2D eigenvalue weighted by atomic mass is 35.5. The zero-order valence-corrected chi connectivity index (χ0v) is 14.1. The van der Waals surface area contributed by atoms with Gasteiger partial charge in [-0.1, -0.05) is 40.9 Å². The first-order chi connectivity index (χ1) is 10.0. The zero-order valence-electron chi connectivity index (χ0n) is 11.8. The topological polar surface area (TPSA) is 21.3 Å². The summed E-state index contributed by atoms with van der Waals surface area (Å²) in [6.45, 7) is 4.58. The van der Waals surface area contributed by atoms with Gasteiger partial charge in [-0.2, -0.15) is 0 Å². The van der Waals surface area contributed by atoms with Crippen molar-refractivity contribution in [3.63, 3.8) is 0 Å². The molecular formula is C16H16Cl3NO. The van der Waals surface area contributed by atoms with Crippen molar-refractivity contribution in [1.29, 1.82) is 0 Å². The lowest BCUT2D eigenvalue weighted by Crippen LogP contribution is -2.08. The summed E-state index contributed by atoms with van der Waals surface area (Å²) < 4.78 is 5.60. The third-order valence-corrected chi connectivity index (χ3v) is 4.03. The van der Waals surface area contributed by atoms with E-state index in [2.05, 4.69) is 5.32 Å². The number of halogens is 3. The summed E-state index contributed by atoms with van der Waals surface area (Å²) in [4.78, 5) is 0. The summed E-state index contributed by atoms with van der Waals surface area (Å²) in [6, 6.07) is 11.1. The predicted octanol–water partition coefficient (Wildman–Crippen LogP) is 6.22. The Hall–Kier alpha value is -1.09. The molecule has 0 saturated carbocycles. The lowest BCUT2D eigenvalue weighted by molar-refractivity contribution is 0.341. The van der Waals surface area contributed by atoms with Crippen LogP contribution in [0.2, 0.25) is 15.1 Å². The van der Waals surface area contributed by atoms with Gasteiger partial charge in [-0.05, 0) is 49.7 Å². The van der Waals surface area contributed by atoms with Crippen LogP contribution in [0.4, 0.5) is 5.69 Å². The molecular weight excluding hydrogens is 329 g/mol. The smallest absolute Gasteiger partial charge is 0.142 e. The molecule has 0 fully saturated rings. The molecule has 0 bridgehead atoms. The third-order valence-electron chi connectivity index (χ3n) is 3.06. The molecule has 2 nitrogen and oxygen atoms in total. The standard InChI is InChI=1S/C16H16Cl3NO/c1-3-21-16-7-5-12(17)9-15(16)20-10(2)11-4-6-13(18)14(19)8-11/h4-10,20H,3H2,1-2H3. The van der Waals surface area contributed by atoms with E-state index in [1.807, 2.05) is 44.2 Å². The highest BCUT2D eigenvalue weighted by molar-refractivity contribution is 6.42. The van der Waals surface area contributed by atoms with Crippen molar-refractivity contribution in [2.45, 2.75) is 19.9 Å². The normalized spacial score (nSPS) is 12.0. The van der Waals surface area contributed by atoms with Crippen LogP contribution in [0.1, 0.15) is 25.5 Å². The third kappa shape index (κ3) is 4.19. The Morgan fingerprint density at radius 1 is 1.05 bits per heavy atom. The minimum absolute atomic E-state index is 0.0393. The highest BCUT2D eigenvalue weighted by Crippen LogP contribution is 2.32. The summed E-state index contributed by atoms with van der Waals surface area (Å²) in [5, 5.41) is 5.13. The molecule has 0 heterocycles. The first-order valence-corrected chi connectivity index (χ1v) is 7.78. The molecule has 2 rings (SSSR count). The summed E-state index contributed by atoms with van der Waals surface area (Å²) in [5.41, 5.74) is 1.88. The van der Waals surface area contributed by atoms with E-state index in [0.29, 0.717) is 21.7 Å². The number of anilines is 1. The van der Waals surface area contributed by atoms with E-state index >= 15 is 0 Å². The maximum Gasteiger partial charge on any atom is 0.142 e. The van der Waals surface area contributed by atoms with Crippen molar-refractivity contribution in [3.8, 4) is 5.75 Å². The number of ether oxygens (including phenoxy) is 1. The molecule has 112 valence electrons. The summed E-state index contributed by atoms with van der Waals surface area (Å²) in [6.07, 6.45) is 0. The van der Waals surface area contributed by atoms with Crippen LogP contribution in [-0.4, -0.2) is 6.61 Å². The van der Waals surface area contributed by atoms with Gasteiger partial charge in [0.2, 0.25) is 0 Å². The molecule has 2 aromatic rings. The Kier molecular flexibility index (Phi) is 5.63. The first kappa shape index (κ1) is 16.3. The molecule has 2 aromatic carbocycles. The van der Waals surface area contributed by atoms with Gasteiger partial charge in [0.05, 0.1) is 22.3 Å². The maximum atomic E-state index is 6.06. The second-order valence-electron chi connectivity index (χ2n) is 4.61. The number of nitrogens with one attached hydrogen (secondary N) is 1. The van der Waals surface area contributed by atoms with E-state index in [0.717, 1.165) is 17.0 Å². The van der Waals surface area contributed by atoms with E-state index < -0.39 is 0 Å². The molecule has 1 atom stereocenters. The van der Waals surface area contributed by atoms with Crippen molar-refractivity contribution < 1.29 is 4.74 Å². The fourth-order valence-corrected chi connectivity index (χ4v) is 2.47. The summed E-state index contributed by atoms with van der Waals surface area (Å²) in [5.74, 6) is 0.772. The molecule has 1 N–H and O–H groups in total. The minimum atomic E-state index is 0.0393. The fraction of sp³-hybridized carbons (Fsp3) is 0.250. The average molecular weight is 345 g/mol. The Morgan fingerprint density at radius 3 is 2.48 bits per heavy atom. The van der Waals surface area contributed by atoms with Crippen LogP contribution in [0, 0.1) is 0 Å². The van der Waals surface area contributed by atoms with Crippen LogP contribution in [0.3, 0.4) is 0 Å². The molecule has 0 aliphatic rings. The molecule has 0 aliphatic carbocycles. The predicted molar refractivity (Wildman–Crippen MR) is 91.1 cm³/mol. The Balaban J connectivity index is 2.24. The van der Waals surface area contributed by atoms with Gasteiger partial charge in [-0.25, -0.2) is 0 Å². The van der Waals surface area contributed by atoms with Crippen LogP contribution in [0.15, 0.2) is 36.4 Å². The number of hydrogen-bond acceptors (Lipinski definition) is 2. The largest absolute Gasteiger partial charge is 0.492 e. The minimum Gasteiger partial charge on any atom is -0.492 e. The van der Waals surface area contributed by atoms with E-state index in [1.54, 1.807) is 6.07 Å². The van der Waals surface area contributed by atoms with Gasteiger partial charge in [0, 0.05) is 11.1 Å². The number of hydrogen-bond donors (Lipinski definition) is 1. The van der Waals surface area contributed by atoms with Crippen molar-refractivity contribution in [3.05, 3.63) is 57.0 Å². The van der Waals surface area contributed by atoms with Crippen LogP contribution >= 0.6 is 34.8 Å². The lowest BCUT2D eigenvalue weighted by Gasteiger charge is -2.19. The van der Waals surface area contributed by atoms with Gasteiger partial charge in [0.1, 0.15) is 5.75 Å². The zero-order chi connectivity index (χ0) is 15.4. The molecule has 5 heteroatoms. The Bertz CT molecular complexity index is 631. The molecule has 0 amide bonds. The van der Waals surface area contributed by atoms with Crippen LogP contribution in [0.5, 0.6) is 5.75 Å². The number of benzene rings is 2. The molecule has 0 radical (unpaired) electrons. The van der Waals surface area contributed by atoms with Crippen molar-refractivity contribution >= 4 is 40.5 Å². The second kappa shape index (κ2) is 7.26. The highest BCUT2D eigenvalue weighted by Gasteiger charge is 2.11. The monoisotopic (exact) mass is 343 g/mol. The summed E-state index contributed by atoms with van der Waals surface area (Å²) in [7, 11) is 0. The van der Waals surface area contributed by atoms with E-state index in [1.165, 1.54) is 0 Å². The molecule has 0 aliphatic heterocycles.